The summed E-state index contributed by atoms with van der Waals surface area (Å²) in [5.41, 5.74) is 0.185. The highest BCUT2D eigenvalue weighted by atomic mass is 35.5. The minimum Gasteiger partial charge on any atom is -0.350 e. The maximum absolute atomic E-state index is 12.2. The van der Waals surface area contributed by atoms with Gasteiger partial charge in [-0.2, -0.15) is 0 Å². The summed E-state index contributed by atoms with van der Waals surface area (Å²) in [6, 6.07) is 6.57. The highest BCUT2D eigenvalue weighted by Gasteiger charge is 2.20. The van der Waals surface area contributed by atoms with E-state index in [4.69, 9.17) is 11.6 Å². The van der Waals surface area contributed by atoms with E-state index in [0.29, 0.717) is 17.1 Å². The van der Waals surface area contributed by atoms with Crippen LogP contribution >= 0.6 is 11.6 Å². The highest BCUT2D eigenvalue weighted by molar-refractivity contribution is 6.30. The first-order valence-corrected chi connectivity index (χ1v) is 8.37. The molecule has 0 radical (unpaired) electrons. The topological polar surface area (TPSA) is 66.5 Å². The molecule has 0 saturated heterocycles. The second kappa shape index (κ2) is 8.83. The summed E-state index contributed by atoms with van der Waals surface area (Å²) < 4.78 is 0. The van der Waals surface area contributed by atoms with Gasteiger partial charge in [-0.3, -0.25) is 14.4 Å². The molecule has 5 nitrogen and oxygen atoms in total. The van der Waals surface area contributed by atoms with E-state index in [-0.39, 0.29) is 42.5 Å². The first-order chi connectivity index (χ1) is 11.1. The van der Waals surface area contributed by atoms with Crippen LogP contribution in [-0.2, 0) is 9.59 Å². The van der Waals surface area contributed by atoms with E-state index in [0.717, 1.165) is 0 Å². The Balaban J connectivity index is 2.53. The third kappa shape index (κ3) is 7.13. The largest absolute Gasteiger partial charge is 0.350 e. The van der Waals surface area contributed by atoms with Gasteiger partial charge >= 0.3 is 0 Å². The third-order valence-corrected chi connectivity index (χ3v) is 3.57. The van der Waals surface area contributed by atoms with Crippen LogP contribution in [0.5, 0.6) is 0 Å². The molecule has 24 heavy (non-hydrogen) atoms. The van der Waals surface area contributed by atoms with E-state index in [1.54, 1.807) is 24.3 Å². The molecule has 1 aromatic rings. The fourth-order valence-electron chi connectivity index (χ4n) is 2.17. The number of hydrogen-bond donors (Lipinski definition) is 1. The molecule has 2 amide bonds. The van der Waals surface area contributed by atoms with Gasteiger partial charge in [-0.25, -0.2) is 0 Å². The molecule has 132 valence electrons. The van der Waals surface area contributed by atoms with Crippen molar-refractivity contribution in [1.29, 1.82) is 0 Å². The first kappa shape index (κ1) is 20.2. The number of carbonyl (C=O) groups is 3. The number of carbonyl (C=O) groups excluding carboxylic acids is 3. The number of amides is 2. The molecule has 1 rings (SSSR count). The van der Waals surface area contributed by atoms with Gasteiger partial charge < -0.3 is 10.2 Å². The van der Waals surface area contributed by atoms with Crippen molar-refractivity contribution in [3.8, 4) is 0 Å². The number of likely N-dealkylation sites (N-methyl/N-ethyl adjacent to an activating group) is 1. The molecule has 0 spiro atoms. The normalized spacial score (nSPS) is 11.0. The second-order valence-electron chi connectivity index (χ2n) is 6.64. The number of hydrogen-bond acceptors (Lipinski definition) is 3. The van der Waals surface area contributed by atoms with E-state index in [2.05, 4.69) is 5.32 Å². The molecule has 0 atom stereocenters. The molecular weight excluding hydrogens is 328 g/mol. The van der Waals surface area contributed by atoms with Crippen LogP contribution < -0.4 is 5.32 Å². The lowest BCUT2D eigenvalue weighted by Gasteiger charge is -2.25. The Morgan fingerprint density at radius 3 is 2.17 bits per heavy atom. The Bertz CT molecular complexity index is 591. The van der Waals surface area contributed by atoms with E-state index >= 15 is 0 Å². The average molecular weight is 353 g/mol. The van der Waals surface area contributed by atoms with Crippen LogP contribution in [0.3, 0.4) is 0 Å². The maximum Gasteiger partial charge on any atom is 0.240 e. The Hall–Kier alpha value is -1.88. The zero-order valence-corrected chi connectivity index (χ0v) is 15.4. The summed E-state index contributed by atoms with van der Waals surface area (Å²) in [6.07, 6.45) is 0.190. The molecule has 0 aliphatic carbocycles. The molecule has 0 aromatic heterocycles. The van der Waals surface area contributed by atoms with Crippen LogP contribution in [0.1, 0.15) is 50.9 Å². The van der Waals surface area contributed by atoms with Crippen LogP contribution in [0, 0.1) is 0 Å². The summed E-state index contributed by atoms with van der Waals surface area (Å²) in [5, 5.41) is 3.38. The van der Waals surface area contributed by atoms with E-state index in [9.17, 15) is 14.4 Å². The molecule has 0 fully saturated rings. The first-order valence-electron chi connectivity index (χ1n) is 8.00. The van der Waals surface area contributed by atoms with E-state index in [1.165, 1.54) is 4.90 Å². The Kier molecular flexibility index (Phi) is 7.42. The number of nitrogens with zero attached hydrogens (tertiary/aromatic N) is 1. The quantitative estimate of drug-likeness (QED) is 0.767. The molecule has 0 unspecified atom stereocenters. The van der Waals surface area contributed by atoms with Gasteiger partial charge in [-0.15, -0.1) is 0 Å². The Morgan fingerprint density at radius 2 is 1.67 bits per heavy atom. The predicted octanol–water partition coefficient (Wildman–Crippen LogP) is 3.07. The molecule has 0 saturated carbocycles. The zero-order chi connectivity index (χ0) is 18.3. The number of Topliss-reactive ketones (excluding diaryl/α,β-unsaturated/α-hetero) is 1. The number of nitrogens with one attached hydrogen (secondary N) is 1. The van der Waals surface area contributed by atoms with Gasteiger partial charge in [0.15, 0.2) is 5.78 Å². The summed E-state index contributed by atoms with van der Waals surface area (Å²) in [5.74, 6) is -0.527. The molecule has 1 aromatic carbocycles. The zero-order valence-electron chi connectivity index (χ0n) is 14.7. The SMILES string of the molecule is CCN(CC(=O)NC(C)(C)C)C(=O)CCC(=O)c1ccc(Cl)cc1. The molecule has 0 aliphatic heterocycles. The van der Waals surface area contributed by atoms with Crippen LogP contribution in [0.4, 0.5) is 0 Å². The maximum atomic E-state index is 12.2. The molecule has 0 bridgehead atoms. The van der Waals surface area contributed by atoms with Crippen molar-refractivity contribution in [3.63, 3.8) is 0 Å². The van der Waals surface area contributed by atoms with Gasteiger partial charge in [-0.05, 0) is 52.0 Å². The fourth-order valence-corrected chi connectivity index (χ4v) is 2.29. The summed E-state index contributed by atoms with van der Waals surface area (Å²) in [6.45, 7) is 7.88. The molecular formula is C18H25ClN2O3. The lowest BCUT2D eigenvalue weighted by Crippen LogP contribution is -2.47. The summed E-state index contributed by atoms with van der Waals surface area (Å²) in [4.78, 5) is 37.7. The molecule has 1 N–H and O–H groups in total. The molecule has 0 heterocycles. The Morgan fingerprint density at radius 1 is 1.08 bits per heavy atom. The minimum absolute atomic E-state index is 0.00172. The minimum atomic E-state index is -0.343. The van der Waals surface area contributed by atoms with Crippen molar-refractivity contribution in [2.75, 3.05) is 13.1 Å². The van der Waals surface area contributed by atoms with Crippen LogP contribution in [0.2, 0.25) is 5.02 Å². The van der Waals surface area contributed by atoms with Crippen LogP contribution in [0.25, 0.3) is 0 Å². The lowest BCUT2D eigenvalue weighted by atomic mass is 10.1. The van der Waals surface area contributed by atoms with Crippen molar-refractivity contribution in [2.45, 2.75) is 46.1 Å². The Labute approximate surface area is 148 Å². The molecule has 0 aliphatic rings. The van der Waals surface area contributed by atoms with Crippen LogP contribution in [-0.4, -0.2) is 41.1 Å². The van der Waals surface area contributed by atoms with Crippen LogP contribution in [0.15, 0.2) is 24.3 Å². The third-order valence-electron chi connectivity index (χ3n) is 3.32. The van der Waals surface area contributed by atoms with Crippen molar-refractivity contribution in [2.24, 2.45) is 0 Å². The smallest absolute Gasteiger partial charge is 0.240 e. The lowest BCUT2D eigenvalue weighted by molar-refractivity contribution is -0.136. The fraction of sp³-hybridized carbons (Fsp3) is 0.500. The van der Waals surface area contributed by atoms with E-state index < -0.39 is 0 Å². The van der Waals surface area contributed by atoms with Crippen molar-refractivity contribution >= 4 is 29.2 Å². The summed E-state index contributed by atoms with van der Waals surface area (Å²) >= 11 is 5.79. The number of ketones is 1. The standard InChI is InChI=1S/C18H25ClN2O3/c1-5-21(12-16(23)20-18(2,3)4)17(24)11-10-15(22)13-6-8-14(19)9-7-13/h6-9H,5,10-12H2,1-4H3,(H,20,23). The van der Waals surface area contributed by atoms with Crippen molar-refractivity contribution in [3.05, 3.63) is 34.9 Å². The number of benzene rings is 1. The van der Waals surface area contributed by atoms with Crippen molar-refractivity contribution < 1.29 is 14.4 Å². The van der Waals surface area contributed by atoms with Gasteiger partial charge in [0.05, 0.1) is 6.54 Å². The van der Waals surface area contributed by atoms with Gasteiger partial charge in [0.2, 0.25) is 11.8 Å². The molecule has 6 heteroatoms. The van der Waals surface area contributed by atoms with Gasteiger partial charge in [0.25, 0.3) is 0 Å². The number of rotatable bonds is 7. The van der Waals surface area contributed by atoms with Gasteiger partial charge in [0.1, 0.15) is 0 Å². The second-order valence-corrected chi connectivity index (χ2v) is 7.07. The van der Waals surface area contributed by atoms with Gasteiger partial charge in [-0.1, -0.05) is 11.6 Å². The summed E-state index contributed by atoms with van der Waals surface area (Å²) in [7, 11) is 0. The van der Waals surface area contributed by atoms with Gasteiger partial charge in [0, 0.05) is 35.5 Å². The average Bonchev–Trinajstić information content (AvgIpc) is 2.48. The predicted molar refractivity (Wildman–Crippen MR) is 95.2 cm³/mol. The monoisotopic (exact) mass is 352 g/mol. The van der Waals surface area contributed by atoms with Crippen molar-refractivity contribution in [1.82, 2.24) is 10.2 Å². The number of halogens is 1. The van der Waals surface area contributed by atoms with E-state index in [1.807, 2.05) is 27.7 Å². The highest BCUT2D eigenvalue weighted by Crippen LogP contribution is 2.12.